The van der Waals surface area contributed by atoms with Crippen molar-refractivity contribution in [3.05, 3.63) is 36.3 Å². The highest BCUT2D eigenvalue weighted by molar-refractivity contribution is 7.88. The molecule has 3 heterocycles. The highest BCUT2D eigenvalue weighted by atomic mass is 32.2. The van der Waals surface area contributed by atoms with Gasteiger partial charge in [-0.25, -0.2) is 18.1 Å². The van der Waals surface area contributed by atoms with Gasteiger partial charge in [-0.15, -0.1) is 0 Å². The van der Waals surface area contributed by atoms with Crippen LogP contribution in [0.2, 0.25) is 0 Å². The number of piperidine rings is 1. The second kappa shape index (κ2) is 6.29. The van der Waals surface area contributed by atoms with Crippen molar-refractivity contribution in [1.29, 1.82) is 0 Å². The fourth-order valence-corrected chi connectivity index (χ4v) is 3.38. The molecule has 0 spiro atoms. The maximum atomic E-state index is 12.6. The van der Waals surface area contributed by atoms with Gasteiger partial charge in [0.2, 0.25) is 10.0 Å². The van der Waals surface area contributed by atoms with Gasteiger partial charge in [0.25, 0.3) is 5.91 Å². The van der Waals surface area contributed by atoms with Gasteiger partial charge < -0.3 is 9.30 Å². The van der Waals surface area contributed by atoms with Crippen LogP contribution in [0.3, 0.4) is 0 Å². The summed E-state index contributed by atoms with van der Waals surface area (Å²) in [4.78, 5) is 18.6. The van der Waals surface area contributed by atoms with E-state index in [-0.39, 0.29) is 11.8 Å². The summed E-state index contributed by atoms with van der Waals surface area (Å²) < 4.78 is 26.6. The van der Waals surface area contributed by atoms with Crippen LogP contribution in [0.4, 0.5) is 0 Å². The molecule has 8 heteroatoms. The lowest BCUT2D eigenvalue weighted by atomic mass is 9.97. The number of carbonyl (C=O) groups is 1. The van der Waals surface area contributed by atoms with Crippen molar-refractivity contribution < 1.29 is 13.2 Å². The second-order valence-electron chi connectivity index (χ2n) is 5.97. The van der Waals surface area contributed by atoms with Crippen LogP contribution in [0.5, 0.6) is 0 Å². The normalized spacial score (nSPS) is 16.8. The molecule has 1 N–H and O–H groups in total. The molecule has 0 radical (unpaired) electrons. The van der Waals surface area contributed by atoms with E-state index in [4.69, 9.17) is 0 Å². The predicted molar refractivity (Wildman–Crippen MR) is 86.7 cm³/mol. The molecule has 2 aromatic heterocycles. The van der Waals surface area contributed by atoms with Gasteiger partial charge in [-0.3, -0.25) is 4.79 Å². The third-order valence-corrected chi connectivity index (χ3v) is 4.86. The van der Waals surface area contributed by atoms with Crippen molar-refractivity contribution in [2.75, 3.05) is 25.9 Å². The van der Waals surface area contributed by atoms with Gasteiger partial charge in [0.15, 0.2) is 0 Å². The van der Waals surface area contributed by atoms with Crippen LogP contribution >= 0.6 is 0 Å². The topological polar surface area (TPSA) is 83.8 Å². The highest BCUT2D eigenvalue weighted by Crippen LogP contribution is 2.19. The van der Waals surface area contributed by atoms with E-state index in [1.165, 1.54) is 0 Å². The molecular weight excluding hydrogens is 316 g/mol. The number of likely N-dealkylation sites (tertiary alicyclic amines) is 1. The predicted octanol–water partition coefficient (Wildman–Crippen LogP) is 0.736. The smallest absolute Gasteiger partial charge is 0.255 e. The second-order valence-corrected chi connectivity index (χ2v) is 7.80. The van der Waals surface area contributed by atoms with E-state index in [1.807, 2.05) is 21.6 Å². The average Bonchev–Trinajstić information content (AvgIpc) is 2.99. The first kappa shape index (κ1) is 15.9. The quantitative estimate of drug-likeness (QED) is 0.892. The molecule has 7 nitrogen and oxygen atoms in total. The summed E-state index contributed by atoms with van der Waals surface area (Å²) in [5.74, 6) is 0.292. The number of amides is 1. The van der Waals surface area contributed by atoms with E-state index < -0.39 is 10.0 Å². The van der Waals surface area contributed by atoms with Crippen LogP contribution in [0.15, 0.2) is 30.7 Å². The molecule has 0 saturated carbocycles. The maximum absolute atomic E-state index is 12.6. The Morgan fingerprint density at radius 2 is 2.09 bits per heavy atom. The Morgan fingerprint density at radius 1 is 1.35 bits per heavy atom. The average molecular weight is 336 g/mol. The Labute approximate surface area is 135 Å². The molecule has 1 amide bonds. The lowest BCUT2D eigenvalue weighted by Gasteiger charge is -2.32. The zero-order valence-electron chi connectivity index (χ0n) is 13.0. The minimum atomic E-state index is -3.15. The lowest BCUT2D eigenvalue weighted by Crippen LogP contribution is -2.41. The molecular formula is C15H20N4O3S. The summed E-state index contributed by atoms with van der Waals surface area (Å²) in [5.41, 5.74) is 1.45. The Bertz CT molecular complexity index is 807. The molecule has 23 heavy (non-hydrogen) atoms. The number of sulfonamides is 1. The van der Waals surface area contributed by atoms with Crippen molar-refractivity contribution in [2.45, 2.75) is 12.8 Å². The summed E-state index contributed by atoms with van der Waals surface area (Å²) in [5, 5.41) is 0. The number of nitrogens with one attached hydrogen (secondary N) is 1. The van der Waals surface area contributed by atoms with Crippen molar-refractivity contribution in [3.63, 3.8) is 0 Å². The molecule has 0 unspecified atom stereocenters. The van der Waals surface area contributed by atoms with Crippen molar-refractivity contribution >= 4 is 21.6 Å². The first-order valence-corrected chi connectivity index (χ1v) is 9.48. The van der Waals surface area contributed by atoms with Crippen LogP contribution in [0.1, 0.15) is 23.2 Å². The van der Waals surface area contributed by atoms with Crippen molar-refractivity contribution in [1.82, 2.24) is 19.0 Å². The van der Waals surface area contributed by atoms with Crippen molar-refractivity contribution in [3.8, 4) is 0 Å². The Morgan fingerprint density at radius 3 is 2.78 bits per heavy atom. The zero-order chi connectivity index (χ0) is 16.4. The molecule has 124 valence electrons. The van der Waals surface area contributed by atoms with Crippen LogP contribution in [0.25, 0.3) is 5.65 Å². The number of carbonyl (C=O) groups excluding carboxylic acids is 1. The molecule has 3 rings (SSSR count). The third-order valence-electron chi connectivity index (χ3n) is 4.17. The minimum absolute atomic E-state index is 0.00937. The van der Waals surface area contributed by atoms with Gasteiger partial charge in [-0.1, -0.05) is 0 Å². The van der Waals surface area contributed by atoms with Crippen LogP contribution < -0.4 is 4.72 Å². The molecule has 1 aliphatic rings. The molecule has 1 saturated heterocycles. The minimum Gasteiger partial charge on any atom is -0.339 e. The standard InChI is InChI=1S/C15H20N4O3S/c1-23(21,22)17-10-12-4-7-18(8-5-12)15(20)13-2-3-14-16-6-9-19(14)11-13/h2-3,6,9,11-12,17H,4-5,7-8,10H2,1H3. The van der Waals surface area contributed by atoms with Gasteiger partial charge in [0.1, 0.15) is 5.65 Å². The molecule has 1 aliphatic heterocycles. The number of aromatic nitrogens is 2. The first-order chi connectivity index (χ1) is 10.9. The van der Waals surface area contributed by atoms with Crippen LogP contribution in [-0.2, 0) is 10.0 Å². The number of imidazole rings is 1. The molecule has 0 aromatic carbocycles. The van der Waals surface area contributed by atoms with Crippen molar-refractivity contribution in [2.24, 2.45) is 5.92 Å². The summed E-state index contributed by atoms with van der Waals surface area (Å²) in [6, 6.07) is 3.62. The summed E-state index contributed by atoms with van der Waals surface area (Å²) >= 11 is 0. The number of pyridine rings is 1. The molecule has 2 aromatic rings. The summed E-state index contributed by atoms with van der Waals surface area (Å²) in [6.45, 7) is 1.75. The molecule has 0 atom stereocenters. The van der Waals surface area contributed by atoms with E-state index in [0.29, 0.717) is 25.2 Å². The van der Waals surface area contributed by atoms with E-state index in [1.54, 1.807) is 18.5 Å². The van der Waals surface area contributed by atoms with E-state index in [2.05, 4.69) is 9.71 Å². The molecule has 0 bridgehead atoms. The zero-order valence-corrected chi connectivity index (χ0v) is 13.8. The monoisotopic (exact) mass is 336 g/mol. The van der Waals surface area contributed by atoms with Gasteiger partial charge in [0, 0.05) is 38.2 Å². The van der Waals surface area contributed by atoms with Crippen LogP contribution in [0, 0.1) is 5.92 Å². The number of rotatable bonds is 4. The maximum Gasteiger partial charge on any atom is 0.255 e. The van der Waals surface area contributed by atoms with Gasteiger partial charge in [0.05, 0.1) is 11.8 Å². The Hall–Kier alpha value is -1.93. The van der Waals surface area contributed by atoms with Gasteiger partial charge in [-0.05, 0) is 30.9 Å². The molecule has 1 fully saturated rings. The Balaban J connectivity index is 1.59. The fourth-order valence-electron chi connectivity index (χ4n) is 2.84. The largest absolute Gasteiger partial charge is 0.339 e. The highest BCUT2D eigenvalue weighted by Gasteiger charge is 2.24. The SMILES string of the molecule is CS(=O)(=O)NCC1CCN(C(=O)c2ccc3nccn3c2)CC1. The Kier molecular flexibility index (Phi) is 4.36. The lowest BCUT2D eigenvalue weighted by molar-refractivity contribution is 0.0691. The number of nitrogens with zero attached hydrogens (tertiary/aromatic N) is 3. The van der Waals surface area contributed by atoms with Gasteiger partial charge >= 0.3 is 0 Å². The molecule has 0 aliphatic carbocycles. The van der Waals surface area contributed by atoms with E-state index in [0.717, 1.165) is 24.7 Å². The first-order valence-electron chi connectivity index (χ1n) is 7.59. The van der Waals surface area contributed by atoms with Gasteiger partial charge in [-0.2, -0.15) is 0 Å². The fraction of sp³-hybridized carbons (Fsp3) is 0.467. The summed E-state index contributed by atoms with van der Waals surface area (Å²) in [7, 11) is -3.15. The number of hydrogen-bond acceptors (Lipinski definition) is 4. The van der Waals surface area contributed by atoms with Crippen LogP contribution in [-0.4, -0.2) is 54.5 Å². The number of fused-ring (bicyclic) bond motifs is 1. The van der Waals surface area contributed by atoms with E-state index in [9.17, 15) is 13.2 Å². The third kappa shape index (κ3) is 3.89. The summed E-state index contributed by atoms with van der Waals surface area (Å²) in [6.07, 6.45) is 8.09. The van der Waals surface area contributed by atoms with E-state index >= 15 is 0 Å². The number of hydrogen-bond donors (Lipinski definition) is 1.